The SMILES string of the molecule is C=CCOC(=O)N1CCN(c2cc3c(cc2F)c(=O)c(C(=O)[O-])cn3CC)CC1.[K+]. The monoisotopic (exact) mass is 441 g/mol. The number of benzene rings is 1. The number of pyridine rings is 1. The van der Waals surface area contributed by atoms with Crippen molar-refractivity contribution in [3.8, 4) is 0 Å². The van der Waals surface area contributed by atoms with Crippen LogP contribution in [0.1, 0.15) is 17.3 Å². The number of carboxylic acid groups (broad SMARTS) is 1. The van der Waals surface area contributed by atoms with Crippen molar-refractivity contribution in [2.24, 2.45) is 0 Å². The third-order valence-corrected chi connectivity index (χ3v) is 4.91. The zero-order chi connectivity index (χ0) is 21.1. The van der Waals surface area contributed by atoms with E-state index in [4.69, 9.17) is 4.74 Å². The van der Waals surface area contributed by atoms with Crippen LogP contribution in [-0.2, 0) is 11.3 Å². The third-order valence-electron chi connectivity index (χ3n) is 4.91. The van der Waals surface area contributed by atoms with Crippen LogP contribution in [0.25, 0.3) is 10.9 Å². The number of carbonyl (C=O) groups is 2. The van der Waals surface area contributed by atoms with Crippen LogP contribution in [0.5, 0.6) is 0 Å². The zero-order valence-electron chi connectivity index (χ0n) is 17.0. The van der Waals surface area contributed by atoms with Gasteiger partial charge in [0.25, 0.3) is 0 Å². The summed E-state index contributed by atoms with van der Waals surface area (Å²) in [5.41, 5.74) is -0.547. The van der Waals surface area contributed by atoms with Gasteiger partial charge >= 0.3 is 57.5 Å². The summed E-state index contributed by atoms with van der Waals surface area (Å²) in [6.45, 7) is 7.30. The van der Waals surface area contributed by atoms with Gasteiger partial charge in [0.15, 0.2) is 5.43 Å². The first-order valence-corrected chi connectivity index (χ1v) is 9.23. The molecule has 154 valence electrons. The molecule has 0 bridgehead atoms. The fraction of sp³-hybridized carbons (Fsp3) is 0.350. The molecule has 0 radical (unpaired) electrons. The van der Waals surface area contributed by atoms with E-state index in [-0.39, 0.29) is 63.4 Å². The first-order chi connectivity index (χ1) is 13.9. The number of halogens is 1. The molecule has 1 amide bonds. The van der Waals surface area contributed by atoms with E-state index in [9.17, 15) is 23.9 Å². The maximum absolute atomic E-state index is 14.8. The number of aryl methyl sites for hydroxylation is 1. The number of hydrogen-bond donors (Lipinski definition) is 0. The third kappa shape index (κ3) is 4.94. The smallest absolute Gasteiger partial charge is 0.545 e. The Morgan fingerprint density at radius 1 is 1.27 bits per heavy atom. The molecule has 1 fully saturated rings. The van der Waals surface area contributed by atoms with Crippen molar-refractivity contribution < 1.29 is 75.2 Å². The summed E-state index contributed by atoms with van der Waals surface area (Å²) >= 11 is 0. The summed E-state index contributed by atoms with van der Waals surface area (Å²) < 4.78 is 21.4. The molecular weight excluding hydrogens is 420 g/mol. The predicted molar refractivity (Wildman–Crippen MR) is 104 cm³/mol. The van der Waals surface area contributed by atoms with Crippen molar-refractivity contribution in [2.45, 2.75) is 13.5 Å². The molecule has 1 saturated heterocycles. The quantitative estimate of drug-likeness (QED) is 0.393. The first kappa shape index (κ1) is 24.5. The molecular formula is C20H21FKN3O5. The molecule has 8 nitrogen and oxygen atoms in total. The number of hydrogen-bond acceptors (Lipinski definition) is 6. The molecule has 2 heterocycles. The molecule has 0 unspecified atom stereocenters. The van der Waals surface area contributed by atoms with Gasteiger partial charge in [-0.05, 0) is 19.1 Å². The van der Waals surface area contributed by atoms with Crippen LogP contribution < -0.4 is 66.8 Å². The summed E-state index contributed by atoms with van der Waals surface area (Å²) in [4.78, 5) is 38.9. The van der Waals surface area contributed by atoms with Crippen molar-refractivity contribution in [2.75, 3.05) is 37.7 Å². The van der Waals surface area contributed by atoms with Gasteiger partial charge in [-0.25, -0.2) is 9.18 Å². The number of amides is 1. The minimum atomic E-state index is -1.59. The molecule has 1 aromatic carbocycles. The Balaban J connectivity index is 0.00000320. The van der Waals surface area contributed by atoms with Crippen LogP contribution in [0.2, 0.25) is 0 Å². The van der Waals surface area contributed by atoms with Crippen LogP contribution in [0.4, 0.5) is 14.9 Å². The van der Waals surface area contributed by atoms with E-state index < -0.39 is 28.9 Å². The Morgan fingerprint density at radius 2 is 1.93 bits per heavy atom. The number of piperazine rings is 1. The van der Waals surface area contributed by atoms with E-state index in [1.54, 1.807) is 22.5 Å². The fourth-order valence-corrected chi connectivity index (χ4v) is 3.40. The second-order valence-corrected chi connectivity index (χ2v) is 6.61. The van der Waals surface area contributed by atoms with Crippen molar-refractivity contribution in [1.82, 2.24) is 9.47 Å². The number of anilines is 1. The number of aromatic nitrogens is 1. The van der Waals surface area contributed by atoms with Gasteiger partial charge in [-0.2, -0.15) is 0 Å². The summed E-state index contributed by atoms with van der Waals surface area (Å²) in [5, 5.41) is 11.2. The van der Waals surface area contributed by atoms with Gasteiger partial charge in [-0.3, -0.25) is 4.79 Å². The average molecular weight is 442 g/mol. The van der Waals surface area contributed by atoms with Gasteiger partial charge in [-0.1, -0.05) is 12.7 Å². The Bertz CT molecular complexity index is 1030. The summed E-state index contributed by atoms with van der Waals surface area (Å²) in [6, 6.07) is 2.61. The molecule has 1 aliphatic rings. The Hall–Kier alpha value is -1.72. The minimum absolute atomic E-state index is 0. The maximum atomic E-state index is 14.8. The number of rotatable bonds is 5. The largest absolute Gasteiger partial charge is 1.00 e. The molecule has 3 rings (SSSR count). The standard InChI is InChI=1S/C20H22FN3O5.K/c1-3-9-29-20(28)24-7-5-23(6-8-24)17-11-16-13(10-15(17)21)18(25)14(19(26)27)12-22(16)4-2;/h3,10-12H,1,4-9H2,2H3,(H,26,27);/q;+1/p-1. The van der Waals surface area contributed by atoms with Crippen LogP contribution in [-0.4, -0.2) is 54.3 Å². The van der Waals surface area contributed by atoms with Crippen molar-refractivity contribution >= 4 is 28.7 Å². The van der Waals surface area contributed by atoms with Gasteiger partial charge in [0, 0.05) is 44.3 Å². The number of ether oxygens (including phenoxy) is 1. The molecule has 1 aromatic heterocycles. The van der Waals surface area contributed by atoms with Crippen LogP contribution in [0.3, 0.4) is 0 Å². The van der Waals surface area contributed by atoms with Gasteiger partial charge in [-0.15, -0.1) is 0 Å². The Morgan fingerprint density at radius 3 is 2.50 bits per heavy atom. The number of carbonyl (C=O) groups excluding carboxylic acids is 2. The van der Waals surface area contributed by atoms with Gasteiger partial charge in [0.2, 0.25) is 0 Å². The number of aromatic carboxylic acids is 1. The van der Waals surface area contributed by atoms with E-state index >= 15 is 0 Å². The summed E-state index contributed by atoms with van der Waals surface area (Å²) in [6.07, 6.45) is 2.26. The Kier molecular flexibility index (Phi) is 8.62. The zero-order valence-corrected chi connectivity index (χ0v) is 20.1. The number of nitrogens with zero attached hydrogens (tertiary/aromatic N) is 3. The van der Waals surface area contributed by atoms with Gasteiger partial charge in [0.1, 0.15) is 12.4 Å². The van der Waals surface area contributed by atoms with E-state index in [0.29, 0.717) is 43.9 Å². The van der Waals surface area contributed by atoms with E-state index in [1.165, 1.54) is 17.2 Å². The fourth-order valence-electron chi connectivity index (χ4n) is 3.40. The Labute approximate surface area is 215 Å². The molecule has 1 aliphatic heterocycles. The molecule has 30 heavy (non-hydrogen) atoms. The van der Waals surface area contributed by atoms with Gasteiger partial charge in [0.05, 0.1) is 22.7 Å². The molecule has 10 heteroatoms. The topological polar surface area (TPSA) is 94.9 Å². The van der Waals surface area contributed by atoms with Crippen molar-refractivity contribution in [1.29, 1.82) is 0 Å². The van der Waals surface area contributed by atoms with Crippen molar-refractivity contribution in [3.05, 3.63) is 52.6 Å². The molecule has 0 atom stereocenters. The van der Waals surface area contributed by atoms with Gasteiger partial charge < -0.3 is 29.0 Å². The average Bonchev–Trinajstić information content (AvgIpc) is 2.72. The van der Waals surface area contributed by atoms with E-state index in [0.717, 1.165) is 6.07 Å². The number of fused-ring (bicyclic) bond motifs is 1. The molecule has 0 aliphatic carbocycles. The minimum Gasteiger partial charge on any atom is -0.545 e. The summed E-state index contributed by atoms with van der Waals surface area (Å²) in [5.74, 6) is -2.22. The van der Waals surface area contributed by atoms with Crippen LogP contribution in [0, 0.1) is 5.82 Å². The molecule has 0 N–H and O–H groups in total. The normalized spacial score (nSPS) is 13.7. The van der Waals surface area contributed by atoms with Crippen LogP contribution in [0.15, 0.2) is 35.8 Å². The number of carboxylic acids is 1. The second-order valence-electron chi connectivity index (χ2n) is 6.61. The van der Waals surface area contributed by atoms with E-state index in [1.807, 2.05) is 0 Å². The molecule has 2 aromatic rings. The van der Waals surface area contributed by atoms with E-state index in [2.05, 4.69) is 6.58 Å². The van der Waals surface area contributed by atoms with Crippen molar-refractivity contribution in [3.63, 3.8) is 0 Å². The first-order valence-electron chi connectivity index (χ1n) is 9.23. The molecule has 0 saturated carbocycles. The van der Waals surface area contributed by atoms with Crippen LogP contribution >= 0.6 is 0 Å². The summed E-state index contributed by atoms with van der Waals surface area (Å²) in [7, 11) is 0. The second kappa shape index (κ2) is 10.5. The molecule has 0 spiro atoms. The maximum Gasteiger partial charge on any atom is 1.00 e. The predicted octanol–water partition coefficient (Wildman–Crippen LogP) is -2.03.